The van der Waals surface area contributed by atoms with Gasteiger partial charge in [-0.05, 0) is 49.2 Å². The number of benzene rings is 2. The maximum Gasteiger partial charge on any atom is 0.304 e. The molecule has 0 fully saturated rings. The Balaban J connectivity index is 1.51. The molecule has 0 unspecified atom stereocenters. The average Bonchev–Trinajstić information content (AvgIpc) is 3.21. The molecule has 0 amide bonds. The first-order valence-electron chi connectivity index (χ1n) is 10.2. The summed E-state index contributed by atoms with van der Waals surface area (Å²) in [6.07, 6.45) is 3.40. The van der Waals surface area contributed by atoms with Crippen LogP contribution < -0.4 is 4.74 Å². The fourth-order valence-electron chi connectivity index (χ4n) is 3.59. The van der Waals surface area contributed by atoms with Gasteiger partial charge in [-0.15, -0.1) is 17.3 Å². The number of hydrogen-bond donors (Lipinski definition) is 1. The van der Waals surface area contributed by atoms with Crippen molar-refractivity contribution in [2.75, 3.05) is 0 Å². The Hall–Kier alpha value is -3.69. The van der Waals surface area contributed by atoms with E-state index in [1.165, 1.54) is 4.70 Å². The lowest BCUT2D eigenvalue weighted by Gasteiger charge is -2.11. The molecule has 0 saturated carbocycles. The third-order valence-electron chi connectivity index (χ3n) is 5.16. The van der Waals surface area contributed by atoms with Crippen LogP contribution in [0, 0.1) is 18.8 Å². The predicted molar refractivity (Wildman–Crippen MR) is 127 cm³/mol. The maximum absolute atomic E-state index is 11.1. The Labute approximate surface area is 190 Å². The number of fused-ring (bicyclic) bond motifs is 1. The Bertz CT molecular complexity index is 1320. The van der Waals surface area contributed by atoms with Gasteiger partial charge in [-0.2, -0.15) is 0 Å². The second kappa shape index (κ2) is 9.63. The lowest BCUT2D eigenvalue weighted by atomic mass is 9.96. The van der Waals surface area contributed by atoms with E-state index >= 15 is 0 Å². The molecule has 0 bridgehead atoms. The van der Waals surface area contributed by atoms with Crippen molar-refractivity contribution in [3.05, 3.63) is 77.1 Å². The first-order chi connectivity index (χ1) is 15.5. The number of carboxylic acids is 1. The minimum Gasteiger partial charge on any atom is -0.489 e. The molecule has 2 aromatic carbocycles. The van der Waals surface area contributed by atoms with Crippen LogP contribution in [0.5, 0.6) is 5.75 Å². The van der Waals surface area contributed by atoms with Crippen molar-refractivity contribution >= 4 is 27.4 Å². The van der Waals surface area contributed by atoms with Gasteiger partial charge < -0.3 is 9.84 Å². The Morgan fingerprint density at radius 3 is 2.66 bits per heavy atom. The van der Waals surface area contributed by atoms with Crippen molar-refractivity contribution in [2.45, 2.75) is 32.8 Å². The monoisotopic (exact) mass is 442 g/mol. The van der Waals surface area contributed by atoms with Crippen LogP contribution in [0.4, 0.5) is 0 Å². The number of thiophene rings is 1. The number of rotatable bonds is 7. The normalized spacial score (nSPS) is 11.6. The highest BCUT2D eigenvalue weighted by molar-refractivity contribution is 7.17. The van der Waals surface area contributed by atoms with Gasteiger partial charge in [-0.3, -0.25) is 14.8 Å². The van der Waals surface area contributed by atoms with Crippen LogP contribution in [0.3, 0.4) is 0 Å². The van der Waals surface area contributed by atoms with Crippen LogP contribution in [-0.2, 0) is 11.4 Å². The van der Waals surface area contributed by atoms with E-state index in [2.05, 4.69) is 45.4 Å². The van der Waals surface area contributed by atoms with Crippen LogP contribution in [0.15, 0.2) is 60.2 Å². The molecule has 0 spiro atoms. The van der Waals surface area contributed by atoms with E-state index in [4.69, 9.17) is 9.84 Å². The van der Waals surface area contributed by atoms with Gasteiger partial charge in [0.25, 0.3) is 0 Å². The maximum atomic E-state index is 11.1. The summed E-state index contributed by atoms with van der Waals surface area (Å²) in [6.45, 7) is 4.11. The summed E-state index contributed by atoms with van der Waals surface area (Å²) in [5.74, 6) is 5.32. The number of aryl methyl sites for hydroxylation is 1. The third kappa shape index (κ3) is 4.79. The number of aromatic nitrogens is 2. The molecule has 1 atom stereocenters. The summed E-state index contributed by atoms with van der Waals surface area (Å²) in [5.41, 5.74) is 4.82. The van der Waals surface area contributed by atoms with Gasteiger partial charge in [0.2, 0.25) is 0 Å². The highest BCUT2D eigenvalue weighted by atomic mass is 32.1. The van der Waals surface area contributed by atoms with Gasteiger partial charge in [0.15, 0.2) is 0 Å². The van der Waals surface area contributed by atoms with E-state index in [1.807, 2.05) is 31.2 Å². The molecule has 0 aliphatic rings. The van der Waals surface area contributed by atoms with Crippen LogP contribution >= 0.6 is 11.3 Å². The van der Waals surface area contributed by atoms with Crippen molar-refractivity contribution in [3.63, 3.8) is 0 Å². The van der Waals surface area contributed by atoms with E-state index in [0.717, 1.165) is 39.2 Å². The van der Waals surface area contributed by atoms with Crippen molar-refractivity contribution in [1.29, 1.82) is 0 Å². The summed E-state index contributed by atoms with van der Waals surface area (Å²) >= 11 is 1.69. The molecular formula is C26H22N2O3S. The standard InChI is InChI=1S/C26H22N2O3S/c1-3-4-20(14-25(29)30)19-6-8-21(9-7-19)31-15-18-5-10-24-22(13-18)23(16-32-24)26-17(2)27-11-12-28-26/h5-13,16,20H,14-15H2,1-2H3,(H,29,30)/t20-/m0/s1. The lowest BCUT2D eigenvalue weighted by molar-refractivity contribution is -0.137. The number of ether oxygens (including phenoxy) is 1. The van der Waals surface area contributed by atoms with Gasteiger partial charge in [0, 0.05) is 33.4 Å². The Kier molecular flexibility index (Phi) is 6.48. The molecule has 5 nitrogen and oxygen atoms in total. The Morgan fingerprint density at radius 1 is 1.16 bits per heavy atom. The lowest BCUT2D eigenvalue weighted by Crippen LogP contribution is -2.04. The third-order valence-corrected chi connectivity index (χ3v) is 6.12. The van der Waals surface area contributed by atoms with E-state index in [1.54, 1.807) is 30.7 Å². The molecule has 4 rings (SSSR count). The quantitative estimate of drug-likeness (QED) is 0.365. The fraction of sp³-hybridized carbons (Fsp3) is 0.192. The second-order valence-corrected chi connectivity index (χ2v) is 8.28. The first kappa shape index (κ1) is 21.5. The number of carboxylic acid groups (broad SMARTS) is 1. The molecule has 0 aliphatic carbocycles. The Morgan fingerprint density at radius 2 is 1.94 bits per heavy atom. The number of carbonyl (C=O) groups is 1. The predicted octanol–water partition coefficient (Wildman–Crippen LogP) is 5.83. The smallest absolute Gasteiger partial charge is 0.304 e. The second-order valence-electron chi connectivity index (χ2n) is 7.37. The molecular weight excluding hydrogens is 420 g/mol. The molecule has 0 radical (unpaired) electrons. The van der Waals surface area contributed by atoms with Gasteiger partial charge >= 0.3 is 5.97 Å². The largest absolute Gasteiger partial charge is 0.489 e. The summed E-state index contributed by atoms with van der Waals surface area (Å²) in [7, 11) is 0. The SMILES string of the molecule is CC#C[C@@H](CC(=O)O)c1ccc(OCc2ccc3scc(-c4nccnc4C)c3c2)cc1. The number of aliphatic carboxylic acids is 1. The van der Waals surface area contributed by atoms with E-state index in [9.17, 15) is 4.79 Å². The first-order valence-corrected chi connectivity index (χ1v) is 11.1. The van der Waals surface area contributed by atoms with Crippen molar-refractivity contribution < 1.29 is 14.6 Å². The van der Waals surface area contributed by atoms with Gasteiger partial charge in [-0.1, -0.05) is 24.1 Å². The minimum absolute atomic E-state index is 0.0186. The van der Waals surface area contributed by atoms with Crippen LogP contribution in [0.25, 0.3) is 21.3 Å². The van der Waals surface area contributed by atoms with Crippen LogP contribution in [-0.4, -0.2) is 21.0 Å². The average molecular weight is 443 g/mol. The zero-order valence-corrected chi connectivity index (χ0v) is 18.6. The summed E-state index contributed by atoms with van der Waals surface area (Å²) in [6, 6.07) is 13.8. The molecule has 0 saturated heterocycles. The van der Waals surface area contributed by atoms with Crippen molar-refractivity contribution in [3.8, 4) is 28.8 Å². The zero-order valence-electron chi connectivity index (χ0n) is 17.8. The topological polar surface area (TPSA) is 72.3 Å². The van der Waals surface area contributed by atoms with Crippen LogP contribution in [0.2, 0.25) is 0 Å². The van der Waals surface area contributed by atoms with Gasteiger partial charge in [-0.25, -0.2) is 0 Å². The van der Waals surface area contributed by atoms with Crippen molar-refractivity contribution in [1.82, 2.24) is 9.97 Å². The van der Waals surface area contributed by atoms with Crippen molar-refractivity contribution in [2.24, 2.45) is 0 Å². The van der Waals surface area contributed by atoms with Crippen LogP contribution in [0.1, 0.15) is 36.1 Å². The number of hydrogen-bond acceptors (Lipinski definition) is 5. The highest BCUT2D eigenvalue weighted by Crippen LogP contribution is 2.34. The summed E-state index contributed by atoms with van der Waals surface area (Å²) in [4.78, 5) is 20.0. The molecule has 2 heterocycles. The summed E-state index contributed by atoms with van der Waals surface area (Å²) in [5, 5.41) is 12.4. The molecule has 4 aromatic rings. The number of nitrogens with zero attached hydrogens (tertiary/aromatic N) is 2. The molecule has 0 aliphatic heterocycles. The molecule has 160 valence electrons. The molecule has 1 N–H and O–H groups in total. The highest BCUT2D eigenvalue weighted by Gasteiger charge is 2.14. The molecule has 6 heteroatoms. The zero-order chi connectivity index (χ0) is 22.5. The molecule has 2 aromatic heterocycles. The van der Waals surface area contributed by atoms with Gasteiger partial charge in [0.1, 0.15) is 12.4 Å². The molecule has 32 heavy (non-hydrogen) atoms. The fourth-order valence-corrected chi connectivity index (χ4v) is 4.51. The van der Waals surface area contributed by atoms with Gasteiger partial charge in [0.05, 0.1) is 23.7 Å². The van der Waals surface area contributed by atoms with E-state index in [0.29, 0.717) is 6.61 Å². The van der Waals surface area contributed by atoms with E-state index < -0.39 is 5.97 Å². The summed E-state index contributed by atoms with van der Waals surface area (Å²) < 4.78 is 7.18. The minimum atomic E-state index is -0.863. The van der Waals surface area contributed by atoms with E-state index in [-0.39, 0.29) is 12.3 Å².